The Balaban J connectivity index is 2.43. The number of nitrogens with two attached hydrogens (primary N) is 1. The van der Waals surface area contributed by atoms with E-state index in [9.17, 15) is 9.59 Å². The van der Waals surface area contributed by atoms with Crippen LogP contribution in [0.25, 0.3) is 0 Å². The van der Waals surface area contributed by atoms with E-state index < -0.39 is 22.8 Å². The zero-order chi connectivity index (χ0) is 20.9. The molecule has 0 radical (unpaired) electrons. The summed E-state index contributed by atoms with van der Waals surface area (Å²) in [4.78, 5) is 29.3. The largest absolute Gasteiger partial charge is 0.378 e. The lowest BCUT2D eigenvalue weighted by Gasteiger charge is -2.55. The summed E-state index contributed by atoms with van der Waals surface area (Å²) in [6.45, 7) is 7.45. The zero-order valence-electron chi connectivity index (χ0n) is 17.5. The summed E-state index contributed by atoms with van der Waals surface area (Å²) >= 11 is 0. The molecule has 0 saturated carbocycles. The zero-order valence-corrected chi connectivity index (χ0v) is 17.5. The quantitative estimate of drug-likeness (QED) is 0.890. The number of hydrogen-bond acceptors (Lipinski definition) is 3. The molecule has 2 aromatic rings. The average molecular weight is 380 g/mol. The maximum atomic E-state index is 12.8. The number of primary amides is 1. The van der Waals surface area contributed by atoms with Gasteiger partial charge in [0, 0.05) is 32.1 Å². The Morgan fingerprint density at radius 3 is 2.14 bits per heavy atom. The molecule has 0 spiro atoms. The molecule has 5 heteroatoms. The number of nitrogens with zero attached hydrogens (tertiary/aromatic N) is 2. The Bertz CT molecular complexity index is 921. The van der Waals surface area contributed by atoms with Gasteiger partial charge >= 0.3 is 0 Å². The normalized spacial score (nSPS) is 23.1. The fraction of sp³-hybridized carbons (Fsp3) is 0.391. The number of carbonyl (C=O) groups is 2. The highest BCUT2D eigenvalue weighted by atomic mass is 16.2. The first kappa shape index (κ1) is 19.9. The first-order valence-electron chi connectivity index (χ1n) is 9.50. The van der Waals surface area contributed by atoms with Crippen molar-refractivity contribution in [1.82, 2.24) is 0 Å². The minimum absolute atomic E-state index is 0.108. The first-order valence-corrected chi connectivity index (χ1v) is 9.50. The average Bonchev–Trinajstić information content (AvgIpc) is 2.60. The van der Waals surface area contributed by atoms with E-state index in [4.69, 9.17) is 5.73 Å². The Labute approximate surface area is 167 Å². The number of fused-ring (bicyclic) bond motifs is 1. The van der Waals surface area contributed by atoms with E-state index in [0.29, 0.717) is 0 Å². The van der Waals surface area contributed by atoms with E-state index in [1.54, 1.807) is 4.90 Å². The third-order valence-corrected chi connectivity index (χ3v) is 6.13. The Morgan fingerprint density at radius 2 is 1.64 bits per heavy atom. The molecule has 0 aliphatic carbocycles. The number of benzene rings is 2. The van der Waals surface area contributed by atoms with Gasteiger partial charge in [0.25, 0.3) is 0 Å². The molecule has 3 rings (SSSR count). The number of anilines is 2. The highest BCUT2D eigenvalue weighted by Gasteiger charge is 2.57. The van der Waals surface area contributed by atoms with Crippen LogP contribution in [-0.4, -0.2) is 31.4 Å². The van der Waals surface area contributed by atoms with Crippen molar-refractivity contribution < 1.29 is 9.59 Å². The summed E-state index contributed by atoms with van der Waals surface area (Å²) in [6, 6.07) is 16.0. The smallest absolute Gasteiger partial charge is 0.224 e. The number of carbonyl (C=O) groups excluding carboxylic acids is 2. The fourth-order valence-electron chi connectivity index (χ4n) is 5.04. The summed E-state index contributed by atoms with van der Waals surface area (Å²) in [7, 11) is 3.94. The van der Waals surface area contributed by atoms with E-state index in [2.05, 4.69) is 6.92 Å². The minimum atomic E-state index is -0.791. The van der Waals surface area contributed by atoms with Crippen LogP contribution in [0.3, 0.4) is 0 Å². The van der Waals surface area contributed by atoms with Gasteiger partial charge in [0.1, 0.15) is 0 Å². The molecule has 2 amide bonds. The Hall–Kier alpha value is -2.82. The Kier molecular flexibility index (Phi) is 4.74. The molecule has 1 aliphatic heterocycles. The fourth-order valence-corrected chi connectivity index (χ4v) is 5.04. The predicted molar refractivity (Wildman–Crippen MR) is 114 cm³/mol. The molecule has 0 bridgehead atoms. The highest BCUT2D eigenvalue weighted by molar-refractivity contribution is 5.98. The van der Waals surface area contributed by atoms with Gasteiger partial charge in [-0.05, 0) is 37.1 Å². The molecular formula is C23H29N3O2. The number of rotatable bonds is 3. The van der Waals surface area contributed by atoms with Crippen LogP contribution < -0.4 is 15.5 Å². The van der Waals surface area contributed by atoms with E-state index in [1.807, 2.05) is 81.4 Å². The molecule has 1 heterocycles. The maximum absolute atomic E-state index is 12.8. The number of amides is 2. The second-order valence-electron chi connectivity index (χ2n) is 8.51. The van der Waals surface area contributed by atoms with Crippen molar-refractivity contribution in [2.45, 2.75) is 38.6 Å². The van der Waals surface area contributed by atoms with Gasteiger partial charge in [-0.2, -0.15) is 0 Å². The van der Waals surface area contributed by atoms with Gasteiger partial charge in [-0.3, -0.25) is 9.59 Å². The summed E-state index contributed by atoms with van der Waals surface area (Å²) in [5.74, 6) is -1.11. The van der Waals surface area contributed by atoms with Crippen molar-refractivity contribution >= 4 is 23.2 Å². The summed E-state index contributed by atoms with van der Waals surface area (Å²) in [5, 5.41) is 0. The standard InChI is InChI=1S/C23H29N3O2/c1-15(27)26-19-14-17(25(5)6)12-13-18(19)23(4,16-10-8-7-9-11-16)20(21(24)28)22(26,2)3/h7-14,20H,1-6H3,(H2,24,28). The molecule has 0 saturated heterocycles. The van der Waals surface area contributed by atoms with Gasteiger partial charge < -0.3 is 15.5 Å². The molecule has 1 aliphatic rings. The molecule has 148 valence electrons. The van der Waals surface area contributed by atoms with Crippen molar-refractivity contribution in [3.8, 4) is 0 Å². The summed E-state index contributed by atoms with van der Waals surface area (Å²) in [6.07, 6.45) is 0. The first-order chi connectivity index (χ1) is 13.0. The lowest BCUT2D eigenvalue weighted by Crippen LogP contribution is -2.65. The topological polar surface area (TPSA) is 66.6 Å². The molecule has 0 fully saturated rings. The maximum Gasteiger partial charge on any atom is 0.224 e. The van der Waals surface area contributed by atoms with Gasteiger partial charge in [-0.1, -0.05) is 43.3 Å². The highest BCUT2D eigenvalue weighted by Crippen LogP contribution is 2.54. The van der Waals surface area contributed by atoms with Crippen LogP contribution in [-0.2, 0) is 15.0 Å². The van der Waals surface area contributed by atoms with Crippen LogP contribution in [0.5, 0.6) is 0 Å². The van der Waals surface area contributed by atoms with Gasteiger partial charge in [0.15, 0.2) is 0 Å². The SMILES string of the molecule is CC(=O)N1c2cc(N(C)C)ccc2C(C)(c2ccccc2)C(C(N)=O)C1(C)C. The van der Waals surface area contributed by atoms with E-state index in [0.717, 1.165) is 22.5 Å². The van der Waals surface area contributed by atoms with Crippen LogP contribution in [0, 0.1) is 5.92 Å². The predicted octanol–water partition coefficient (Wildman–Crippen LogP) is 3.31. The minimum Gasteiger partial charge on any atom is -0.378 e. The monoisotopic (exact) mass is 379 g/mol. The molecule has 2 atom stereocenters. The summed E-state index contributed by atoms with van der Waals surface area (Å²) < 4.78 is 0. The van der Waals surface area contributed by atoms with Crippen LogP contribution >= 0.6 is 0 Å². The second-order valence-corrected chi connectivity index (χ2v) is 8.51. The molecule has 0 aromatic heterocycles. The molecule has 2 unspecified atom stereocenters. The molecular weight excluding hydrogens is 350 g/mol. The van der Waals surface area contributed by atoms with E-state index in [1.165, 1.54) is 6.92 Å². The van der Waals surface area contributed by atoms with Crippen LogP contribution in [0.4, 0.5) is 11.4 Å². The second kappa shape index (κ2) is 6.66. The van der Waals surface area contributed by atoms with Crippen molar-refractivity contribution in [3.63, 3.8) is 0 Å². The Morgan fingerprint density at radius 1 is 1.04 bits per heavy atom. The van der Waals surface area contributed by atoms with E-state index >= 15 is 0 Å². The van der Waals surface area contributed by atoms with E-state index in [-0.39, 0.29) is 5.91 Å². The van der Waals surface area contributed by atoms with Crippen LogP contribution in [0.15, 0.2) is 48.5 Å². The molecule has 2 aromatic carbocycles. The van der Waals surface area contributed by atoms with Crippen molar-refractivity contribution in [2.75, 3.05) is 23.9 Å². The number of hydrogen-bond donors (Lipinski definition) is 1. The van der Waals surface area contributed by atoms with Crippen molar-refractivity contribution in [3.05, 3.63) is 59.7 Å². The lowest BCUT2D eigenvalue weighted by atomic mass is 9.57. The van der Waals surface area contributed by atoms with Gasteiger partial charge in [-0.15, -0.1) is 0 Å². The van der Waals surface area contributed by atoms with Crippen molar-refractivity contribution in [1.29, 1.82) is 0 Å². The molecule has 2 N–H and O–H groups in total. The molecule has 5 nitrogen and oxygen atoms in total. The third kappa shape index (κ3) is 2.77. The van der Waals surface area contributed by atoms with Gasteiger partial charge in [-0.25, -0.2) is 0 Å². The van der Waals surface area contributed by atoms with Gasteiger partial charge in [0.05, 0.1) is 17.1 Å². The lowest BCUT2D eigenvalue weighted by molar-refractivity contribution is -0.127. The van der Waals surface area contributed by atoms with Crippen molar-refractivity contribution in [2.24, 2.45) is 11.7 Å². The van der Waals surface area contributed by atoms with Gasteiger partial charge in [0.2, 0.25) is 11.8 Å². The summed E-state index contributed by atoms with van der Waals surface area (Å²) in [5.41, 5.74) is 8.27. The molecule has 28 heavy (non-hydrogen) atoms. The van der Waals surface area contributed by atoms with Crippen LogP contribution in [0.2, 0.25) is 0 Å². The third-order valence-electron chi connectivity index (χ3n) is 6.13. The van der Waals surface area contributed by atoms with Crippen LogP contribution in [0.1, 0.15) is 38.8 Å².